The third kappa shape index (κ3) is 5.69. The van der Waals surface area contributed by atoms with E-state index in [2.05, 4.69) is 34.6 Å². The zero-order valence-electron chi connectivity index (χ0n) is 21.0. The van der Waals surface area contributed by atoms with Crippen LogP contribution in [0.3, 0.4) is 0 Å². The molecule has 3 heterocycles. The number of piperidine rings is 1. The molecular weight excluding hydrogens is 466 g/mol. The van der Waals surface area contributed by atoms with E-state index in [1.165, 1.54) is 0 Å². The summed E-state index contributed by atoms with van der Waals surface area (Å²) in [4.78, 5) is 17.4. The molecule has 0 radical (unpaired) electrons. The first kappa shape index (κ1) is 25.6. The minimum absolute atomic E-state index is 0.141. The molecule has 192 valence electrons. The molecule has 2 aliphatic rings. The molecule has 2 aromatic heterocycles. The van der Waals surface area contributed by atoms with Gasteiger partial charge in [0.05, 0.1) is 0 Å². The smallest absolute Gasteiger partial charge is 0.273 e. The van der Waals surface area contributed by atoms with Gasteiger partial charge in [-0.15, -0.1) is 0 Å². The van der Waals surface area contributed by atoms with Crippen molar-refractivity contribution in [3.05, 3.63) is 35.9 Å². The summed E-state index contributed by atoms with van der Waals surface area (Å²) in [5, 5.41) is 10.2. The van der Waals surface area contributed by atoms with Gasteiger partial charge >= 0.3 is 0 Å². The van der Waals surface area contributed by atoms with E-state index >= 15 is 0 Å². The highest BCUT2D eigenvalue weighted by molar-refractivity contribution is 7.89. The Morgan fingerprint density at radius 1 is 1.20 bits per heavy atom. The van der Waals surface area contributed by atoms with Crippen molar-refractivity contribution in [1.82, 2.24) is 19.8 Å². The minimum Gasteiger partial charge on any atom is -0.369 e. The number of sulfonamides is 1. The summed E-state index contributed by atoms with van der Waals surface area (Å²) < 4.78 is 34.9. The van der Waals surface area contributed by atoms with E-state index in [1.807, 2.05) is 13.8 Å². The van der Waals surface area contributed by atoms with Crippen LogP contribution in [0.25, 0.3) is 0 Å². The molecule has 2 aromatic rings. The van der Waals surface area contributed by atoms with Crippen molar-refractivity contribution in [2.45, 2.75) is 95.2 Å². The predicted octanol–water partition coefficient (Wildman–Crippen LogP) is 4.16. The van der Waals surface area contributed by atoms with Gasteiger partial charge in [0.2, 0.25) is 10.0 Å². The Morgan fingerprint density at radius 2 is 1.89 bits per heavy atom. The highest BCUT2D eigenvalue weighted by Crippen LogP contribution is 2.40. The largest absolute Gasteiger partial charge is 0.369 e. The van der Waals surface area contributed by atoms with Crippen LogP contribution in [0, 0.1) is 5.92 Å². The van der Waals surface area contributed by atoms with Crippen LogP contribution in [0.4, 0.5) is 5.82 Å². The van der Waals surface area contributed by atoms with Gasteiger partial charge in [-0.05, 0) is 56.6 Å². The fourth-order valence-corrected chi connectivity index (χ4v) is 6.93. The number of hydrogen-bond acceptors (Lipinski definition) is 7. The molecule has 0 aromatic carbocycles. The van der Waals surface area contributed by atoms with Gasteiger partial charge in [0.25, 0.3) is 5.91 Å². The van der Waals surface area contributed by atoms with Crippen molar-refractivity contribution in [1.29, 1.82) is 0 Å². The standard InChI is InChI=1S/C25H37N5O4S/c1-5-19-12-18(28-25(31)21-14-22(34-29-21)17-9-10-17)13-20(6-2)30(19)35(32,33)23-8-7-11-26-24(23)27-15-16(3)4/h7-8,11,14,16-20H,5-6,9-10,12-13,15H2,1-4H3,(H,26,27)(H,28,31). The molecule has 2 N–H and O–H groups in total. The van der Waals surface area contributed by atoms with E-state index < -0.39 is 10.0 Å². The molecule has 2 fully saturated rings. The first-order valence-electron chi connectivity index (χ1n) is 12.7. The molecule has 35 heavy (non-hydrogen) atoms. The third-order valence-corrected chi connectivity index (χ3v) is 8.89. The first-order valence-corrected chi connectivity index (χ1v) is 14.2. The first-order chi connectivity index (χ1) is 16.7. The SMILES string of the molecule is CCC1CC(NC(=O)c2cc(C3CC3)on2)CC(CC)N1S(=O)(=O)c1cccnc1NCC(C)C. The highest BCUT2D eigenvalue weighted by Gasteiger charge is 2.43. The van der Waals surface area contributed by atoms with E-state index in [0.717, 1.165) is 18.6 Å². The number of carbonyl (C=O) groups excluding carboxylic acids is 1. The molecule has 2 atom stereocenters. The molecule has 2 unspecified atom stereocenters. The lowest BCUT2D eigenvalue weighted by Crippen LogP contribution is -2.56. The van der Waals surface area contributed by atoms with E-state index in [0.29, 0.717) is 55.6 Å². The number of amides is 1. The number of hydrogen-bond donors (Lipinski definition) is 2. The van der Waals surface area contributed by atoms with E-state index in [-0.39, 0.29) is 28.9 Å². The molecule has 0 spiro atoms. The predicted molar refractivity (Wildman–Crippen MR) is 134 cm³/mol. The van der Waals surface area contributed by atoms with Crippen LogP contribution in [-0.4, -0.2) is 53.4 Å². The lowest BCUT2D eigenvalue weighted by Gasteiger charge is -2.44. The number of rotatable bonds is 10. The summed E-state index contributed by atoms with van der Waals surface area (Å²) in [6, 6.07) is 4.41. The van der Waals surface area contributed by atoms with Gasteiger partial charge < -0.3 is 15.2 Å². The molecule has 1 saturated heterocycles. The summed E-state index contributed by atoms with van der Waals surface area (Å²) in [6.07, 6.45) is 6.13. The highest BCUT2D eigenvalue weighted by atomic mass is 32.2. The van der Waals surface area contributed by atoms with E-state index in [9.17, 15) is 13.2 Å². The Morgan fingerprint density at radius 3 is 2.49 bits per heavy atom. The van der Waals surface area contributed by atoms with Gasteiger partial charge in [0.15, 0.2) is 5.69 Å². The topological polar surface area (TPSA) is 117 Å². The molecule has 0 bridgehead atoms. The minimum atomic E-state index is -3.80. The van der Waals surface area contributed by atoms with Crippen molar-refractivity contribution in [3.63, 3.8) is 0 Å². The maximum Gasteiger partial charge on any atom is 0.273 e. The molecule has 1 saturated carbocycles. The number of anilines is 1. The fourth-order valence-electron chi connectivity index (χ4n) is 4.82. The zero-order valence-corrected chi connectivity index (χ0v) is 21.8. The van der Waals surface area contributed by atoms with Crippen LogP contribution >= 0.6 is 0 Å². The van der Waals surface area contributed by atoms with Crippen LogP contribution in [0.5, 0.6) is 0 Å². The molecular formula is C25H37N5O4S. The molecule has 1 amide bonds. The number of nitrogens with zero attached hydrogens (tertiary/aromatic N) is 3. The van der Waals surface area contributed by atoms with Crippen LogP contribution in [0.2, 0.25) is 0 Å². The van der Waals surface area contributed by atoms with Crippen molar-refractivity contribution >= 4 is 21.7 Å². The maximum absolute atomic E-state index is 14.0. The van der Waals surface area contributed by atoms with Crippen molar-refractivity contribution < 1.29 is 17.7 Å². The molecule has 1 aliphatic heterocycles. The number of aromatic nitrogens is 2. The van der Waals surface area contributed by atoms with E-state index in [1.54, 1.807) is 28.7 Å². The summed E-state index contributed by atoms with van der Waals surface area (Å²) in [5.74, 6) is 1.63. The van der Waals surface area contributed by atoms with Crippen molar-refractivity contribution in [2.75, 3.05) is 11.9 Å². The monoisotopic (exact) mass is 503 g/mol. The van der Waals surface area contributed by atoms with E-state index in [4.69, 9.17) is 4.52 Å². The van der Waals surface area contributed by atoms with Gasteiger partial charge in [-0.1, -0.05) is 32.9 Å². The Labute approximate surface area is 208 Å². The molecule has 1 aliphatic carbocycles. The van der Waals surface area contributed by atoms with Crippen molar-refractivity contribution in [3.8, 4) is 0 Å². The van der Waals surface area contributed by atoms with Gasteiger partial charge in [0, 0.05) is 42.9 Å². The lowest BCUT2D eigenvalue weighted by molar-refractivity contribution is 0.0866. The Kier molecular flexibility index (Phi) is 7.80. The fraction of sp³-hybridized carbons (Fsp3) is 0.640. The molecule has 10 heteroatoms. The lowest BCUT2D eigenvalue weighted by atomic mass is 9.91. The average molecular weight is 504 g/mol. The average Bonchev–Trinajstić information content (AvgIpc) is 3.58. The van der Waals surface area contributed by atoms with Gasteiger partial charge in [-0.2, -0.15) is 4.31 Å². The van der Waals surface area contributed by atoms with Gasteiger partial charge in [0.1, 0.15) is 16.5 Å². The second-order valence-electron chi connectivity index (χ2n) is 10.1. The Balaban J connectivity index is 1.53. The summed E-state index contributed by atoms with van der Waals surface area (Å²) in [5.41, 5.74) is 0.291. The normalized spacial score (nSPS) is 23.4. The summed E-state index contributed by atoms with van der Waals surface area (Å²) in [6.45, 7) is 8.74. The van der Waals surface area contributed by atoms with Crippen LogP contribution in [-0.2, 0) is 10.0 Å². The number of carbonyl (C=O) groups is 1. The van der Waals surface area contributed by atoms with Crippen LogP contribution < -0.4 is 10.6 Å². The zero-order chi connectivity index (χ0) is 25.2. The van der Waals surface area contributed by atoms with Gasteiger partial charge in [-0.25, -0.2) is 13.4 Å². The van der Waals surface area contributed by atoms with Crippen molar-refractivity contribution in [2.24, 2.45) is 5.92 Å². The van der Waals surface area contributed by atoms with Crippen LogP contribution in [0.15, 0.2) is 33.8 Å². The Hall–Kier alpha value is -2.46. The summed E-state index contributed by atoms with van der Waals surface area (Å²) >= 11 is 0. The Bertz CT molecular complexity index is 1110. The number of pyridine rings is 1. The third-order valence-electron chi connectivity index (χ3n) is 6.86. The quantitative estimate of drug-likeness (QED) is 0.500. The molecule has 4 rings (SSSR count). The number of nitrogens with one attached hydrogen (secondary N) is 2. The maximum atomic E-state index is 14.0. The molecule has 9 nitrogen and oxygen atoms in total. The van der Waals surface area contributed by atoms with Crippen LogP contribution in [0.1, 0.15) is 88.4 Å². The second-order valence-corrected chi connectivity index (χ2v) is 11.9. The summed E-state index contributed by atoms with van der Waals surface area (Å²) in [7, 11) is -3.80. The second kappa shape index (κ2) is 10.7. The van der Waals surface area contributed by atoms with Gasteiger partial charge in [-0.3, -0.25) is 4.79 Å².